The van der Waals surface area contributed by atoms with Crippen molar-refractivity contribution in [1.29, 1.82) is 0 Å². The Balaban J connectivity index is 1.91. The zero-order chi connectivity index (χ0) is 15.9. The molecule has 22 heavy (non-hydrogen) atoms. The van der Waals surface area contributed by atoms with Crippen molar-refractivity contribution in [3.63, 3.8) is 0 Å². The Kier molecular flexibility index (Phi) is 5.92. The number of halogens is 1. The molecule has 0 aromatic heterocycles. The van der Waals surface area contributed by atoms with E-state index in [1.165, 1.54) is 6.07 Å². The normalized spacial score (nSPS) is 18.2. The van der Waals surface area contributed by atoms with E-state index in [1.54, 1.807) is 23.1 Å². The molecule has 0 spiro atoms. The Morgan fingerprint density at radius 2 is 2.00 bits per heavy atom. The van der Waals surface area contributed by atoms with Crippen LogP contribution in [-0.4, -0.2) is 34.5 Å². The zero-order valence-electron chi connectivity index (χ0n) is 12.6. The Labute approximate surface area is 129 Å². The molecule has 5 heteroatoms. The summed E-state index contributed by atoms with van der Waals surface area (Å²) in [5.41, 5.74) is 0.551. The predicted molar refractivity (Wildman–Crippen MR) is 80.9 cm³/mol. The first-order valence-electron chi connectivity index (χ1n) is 7.82. The van der Waals surface area contributed by atoms with Gasteiger partial charge in [-0.3, -0.25) is 9.59 Å². The molecule has 1 saturated heterocycles. The Morgan fingerprint density at radius 1 is 1.23 bits per heavy atom. The summed E-state index contributed by atoms with van der Waals surface area (Å²) in [6, 6.07) is 6.50. The number of hydrogen-bond donors (Lipinski definition) is 1. The van der Waals surface area contributed by atoms with E-state index in [1.807, 2.05) is 0 Å². The molecule has 1 aliphatic rings. The van der Waals surface area contributed by atoms with E-state index in [0.29, 0.717) is 24.9 Å². The summed E-state index contributed by atoms with van der Waals surface area (Å²) in [7, 11) is 0. The smallest absolute Gasteiger partial charge is 0.303 e. The maximum Gasteiger partial charge on any atom is 0.303 e. The molecular weight excluding hydrogens is 285 g/mol. The lowest BCUT2D eigenvalue weighted by molar-refractivity contribution is -0.140. The van der Waals surface area contributed by atoms with Crippen molar-refractivity contribution in [3.8, 4) is 0 Å². The second-order valence-electron chi connectivity index (χ2n) is 5.76. The van der Waals surface area contributed by atoms with Gasteiger partial charge >= 0.3 is 5.97 Å². The van der Waals surface area contributed by atoms with Gasteiger partial charge in [0.15, 0.2) is 0 Å². The van der Waals surface area contributed by atoms with Crippen molar-refractivity contribution in [2.24, 2.45) is 0 Å². The van der Waals surface area contributed by atoms with Gasteiger partial charge in [0.1, 0.15) is 5.82 Å². The molecule has 0 unspecified atom stereocenters. The van der Waals surface area contributed by atoms with Crippen molar-refractivity contribution in [3.05, 3.63) is 35.6 Å². The van der Waals surface area contributed by atoms with Gasteiger partial charge in [-0.15, -0.1) is 0 Å². The van der Waals surface area contributed by atoms with Gasteiger partial charge in [-0.2, -0.15) is 0 Å². The topological polar surface area (TPSA) is 57.6 Å². The van der Waals surface area contributed by atoms with Gasteiger partial charge in [-0.25, -0.2) is 4.39 Å². The first kappa shape index (κ1) is 16.5. The third-order valence-electron chi connectivity index (χ3n) is 4.20. The van der Waals surface area contributed by atoms with Crippen molar-refractivity contribution in [2.45, 2.75) is 51.0 Å². The van der Waals surface area contributed by atoms with E-state index in [0.717, 1.165) is 19.3 Å². The lowest BCUT2D eigenvalue weighted by Crippen LogP contribution is -2.44. The van der Waals surface area contributed by atoms with Crippen molar-refractivity contribution < 1.29 is 19.1 Å². The van der Waals surface area contributed by atoms with Crippen LogP contribution in [-0.2, 0) is 16.0 Å². The first-order chi connectivity index (χ1) is 10.6. The highest BCUT2D eigenvalue weighted by Gasteiger charge is 2.26. The summed E-state index contributed by atoms with van der Waals surface area (Å²) < 4.78 is 13.6. The van der Waals surface area contributed by atoms with Gasteiger partial charge in [0.25, 0.3) is 0 Å². The number of benzene rings is 1. The van der Waals surface area contributed by atoms with Gasteiger partial charge in [0, 0.05) is 25.4 Å². The monoisotopic (exact) mass is 307 g/mol. The number of amides is 1. The van der Waals surface area contributed by atoms with E-state index in [-0.39, 0.29) is 30.6 Å². The molecule has 1 aromatic rings. The Morgan fingerprint density at radius 3 is 2.73 bits per heavy atom. The predicted octanol–water partition coefficient (Wildman–Crippen LogP) is 3.00. The molecule has 0 aliphatic carbocycles. The number of nitrogens with zero attached hydrogens (tertiary/aromatic N) is 1. The molecule has 1 amide bonds. The van der Waals surface area contributed by atoms with Crippen LogP contribution < -0.4 is 0 Å². The van der Waals surface area contributed by atoms with Crippen LogP contribution in [0.3, 0.4) is 0 Å². The molecule has 2 rings (SSSR count). The molecule has 1 N–H and O–H groups in total. The molecule has 1 aromatic carbocycles. The Hall–Kier alpha value is -1.91. The van der Waals surface area contributed by atoms with Gasteiger partial charge in [-0.1, -0.05) is 18.2 Å². The molecule has 0 radical (unpaired) electrons. The van der Waals surface area contributed by atoms with Gasteiger partial charge in [0.2, 0.25) is 5.91 Å². The summed E-state index contributed by atoms with van der Waals surface area (Å²) in [6.07, 6.45) is 4.08. The molecule has 1 heterocycles. The molecular formula is C17H22FNO3. The highest BCUT2D eigenvalue weighted by Crippen LogP contribution is 2.22. The zero-order valence-corrected chi connectivity index (χ0v) is 12.6. The van der Waals surface area contributed by atoms with E-state index in [4.69, 9.17) is 5.11 Å². The number of carbonyl (C=O) groups is 2. The van der Waals surface area contributed by atoms with E-state index in [2.05, 4.69) is 0 Å². The lowest BCUT2D eigenvalue weighted by atomic mass is 9.97. The van der Waals surface area contributed by atoms with Crippen LogP contribution in [0.15, 0.2) is 24.3 Å². The summed E-state index contributed by atoms with van der Waals surface area (Å²) in [5, 5.41) is 8.81. The van der Waals surface area contributed by atoms with Crippen LogP contribution >= 0.6 is 0 Å². The van der Waals surface area contributed by atoms with Crippen LogP contribution in [0, 0.1) is 5.82 Å². The van der Waals surface area contributed by atoms with Crippen molar-refractivity contribution >= 4 is 11.9 Å². The number of rotatable bonds is 6. The minimum absolute atomic E-state index is 0.00154. The van der Waals surface area contributed by atoms with E-state index in [9.17, 15) is 14.0 Å². The van der Waals surface area contributed by atoms with Gasteiger partial charge in [-0.05, 0) is 43.7 Å². The number of likely N-dealkylation sites (tertiary alicyclic amines) is 1. The highest BCUT2D eigenvalue weighted by atomic mass is 19.1. The molecule has 0 saturated carbocycles. The lowest BCUT2D eigenvalue weighted by Gasteiger charge is -2.35. The van der Waals surface area contributed by atoms with Gasteiger partial charge in [0.05, 0.1) is 0 Å². The average Bonchev–Trinajstić information content (AvgIpc) is 2.52. The molecule has 4 nitrogen and oxygen atoms in total. The summed E-state index contributed by atoms with van der Waals surface area (Å²) in [6.45, 7) is 0.681. The molecule has 0 bridgehead atoms. The standard InChI is InChI=1S/C17H22FNO3/c18-15-7-2-1-5-13(15)8-10-16(20)19-12-4-3-6-14(19)9-11-17(21)22/h1-2,5,7,14H,3-4,6,8-12H2,(H,21,22)/t14-/m0/s1. The van der Waals surface area contributed by atoms with Gasteiger partial charge < -0.3 is 10.0 Å². The first-order valence-corrected chi connectivity index (χ1v) is 7.82. The Bertz CT molecular complexity index is 532. The second-order valence-corrected chi connectivity index (χ2v) is 5.76. The minimum atomic E-state index is -0.829. The number of aliphatic carboxylic acids is 1. The van der Waals surface area contributed by atoms with E-state index >= 15 is 0 Å². The quantitative estimate of drug-likeness (QED) is 0.879. The maximum atomic E-state index is 13.6. The summed E-state index contributed by atoms with van der Waals surface area (Å²) in [4.78, 5) is 24.9. The van der Waals surface area contributed by atoms with Crippen LogP contribution in [0.2, 0.25) is 0 Å². The number of carboxylic acids is 1. The maximum absolute atomic E-state index is 13.6. The van der Waals surface area contributed by atoms with Crippen LogP contribution in [0.25, 0.3) is 0 Å². The summed E-state index contributed by atoms with van der Waals surface area (Å²) >= 11 is 0. The molecule has 120 valence electrons. The third-order valence-corrected chi connectivity index (χ3v) is 4.20. The van der Waals surface area contributed by atoms with Crippen LogP contribution in [0.1, 0.15) is 44.1 Å². The number of carboxylic acid groups (broad SMARTS) is 1. The number of hydrogen-bond acceptors (Lipinski definition) is 2. The van der Waals surface area contributed by atoms with E-state index < -0.39 is 5.97 Å². The SMILES string of the molecule is O=C(O)CC[C@@H]1CCCCN1C(=O)CCc1ccccc1F. The average molecular weight is 307 g/mol. The second kappa shape index (κ2) is 7.92. The number of aryl methyl sites for hydroxylation is 1. The largest absolute Gasteiger partial charge is 0.481 e. The molecule has 1 atom stereocenters. The van der Waals surface area contributed by atoms with Crippen molar-refractivity contribution in [1.82, 2.24) is 4.90 Å². The fraction of sp³-hybridized carbons (Fsp3) is 0.529. The third kappa shape index (κ3) is 4.55. The molecule has 1 aliphatic heterocycles. The number of carbonyl (C=O) groups excluding carboxylic acids is 1. The highest BCUT2D eigenvalue weighted by molar-refractivity contribution is 5.77. The fourth-order valence-electron chi connectivity index (χ4n) is 3.01. The van der Waals surface area contributed by atoms with Crippen LogP contribution in [0.5, 0.6) is 0 Å². The van der Waals surface area contributed by atoms with Crippen LogP contribution in [0.4, 0.5) is 4.39 Å². The summed E-state index contributed by atoms with van der Waals surface area (Å²) in [5.74, 6) is -1.11. The molecule has 1 fully saturated rings. The fourth-order valence-corrected chi connectivity index (χ4v) is 3.01. The minimum Gasteiger partial charge on any atom is -0.481 e. The number of piperidine rings is 1. The van der Waals surface area contributed by atoms with Crippen molar-refractivity contribution in [2.75, 3.05) is 6.54 Å².